The lowest BCUT2D eigenvalue weighted by atomic mass is 10.0. The van der Waals surface area contributed by atoms with Crippen molar-refractivity contribution in [2.24, 2.45) is 0 Å². The fourth-order valence-electron chi connectivity index (χ4n) is 4.69. The van der Waals surface area contributed by atoms with Crippen LogP contribution in [0.3, 0.4) is 0 Å². The van der Waals surface area contributed by atoms with E-state index in [2.05, 4.69) is 36.0 Å². The Hall–Kier alpha value is -4.64. The number of pyridine rings is 1. The predicted molar refractivity (Wildman–Crippen MR) is 136 cm³/mol. The summed E-state index contributed by atoms with van der Waals surface area (Å²) in [7, 11) is 0. The van der Waals surface area contributed by atoms with Crippen molar-refractivity contribution in [2.75, 3.05) is 5.32 Å². The average Bonchev–Trinajstić information content (AvgIpc) is 3.65. The first-order valence-corrected chi connectivity index (χ1v) is 11.9. The molecule has 4 heterocycles. The monoisotopic (exact) mass is 513 g/mol. The number of aryl methyl sites for hydroxylation is 1. The second kappa shape index (κ2) is 9.10. The molecule has 0 saturated heterocycles. The highest BCUT2D eigenvalue weighted by Gasteiger charge is 2.28. The minimum atomic E-state index is -0.255. The van der Waals surface area contributed by atoms with Crippen molar-refractivity contribution in [3.8, 4) is 28.2 Å². The molecule has 1 amide bonds. The first-order valence-electron chi connectivity index (χ1n) is 11.6. The van der Waals surface area contributed by atoms with E-state index in [0.29, 0.717) is 35.2 Å². The highest BCUT2D eigenvalue weighted by molar-refractivity contribution is 6.31. The van der Waals surface area contributed by atoms with E-state index >= 15 is 0 Å². The molecule has 184 valence electrons. The maximum absolute atomic E-state index is 13.4. The summed E-state index contributed by atoms with van der Waals surface area (Å²) >= 11 is 6.29. The lowest BCUT2D eigenvalue weighted by molar-refractivity contribution is -0.114. The average molecular weight is 514 g/mol. The number of halogens is 1. The molecule has 0 saturated carbocycles. The summed E-state index contributed by atoms with van der Waals surface area (Å²) in [4.78, 5) is 27.9. The number of nitrogens with zero attached hydrogens (tertiary/aromatic N) is 7. The molecule has 0 aliphatic carbocycles. The lowest BCUT2D eigenvalue weighted by Gasteiger charge is -2.14. The van der Waals surface area contributed by atoms with Gasteiger partial charge in [-0.2, -0.15) is 4.68 Å². The van der Waals surface area contributed by atoms with Crippen molar-refractivity contribution >= 4 is 23.2 Å². The van der Waals surface area contributed by atoms with Crippen LogP contribution >= 0.6 is 11.6 Å². The second-order valence-electron chi connectivity index (χ2n) is 8.73. The standard InChI is InChI=1S/C25H20ClN9O2/c1-14(36)28-18-5-2-15(3-6-18)24-29-25(31-30-24)22-9-7-19-10-16(11-23(37)35(19)22)20-12-17(26)4-8-21(20)34-13-27-32-33-34/h2-6,8,10-13,22H,7,9H2,1H3,(H,28,36)(H,29,30,31)/t22-/m0/s1. The molecule has 0 bridgehead atoms. The van der Waals surface area contributed by atoms with E-state index in [1.165, 1.54) is 17.9 Å². The molecule has 3 aromatic heterocycles. The van der Waals surface area contributed by atoms with Crippen molar-refractivity contribution in [2.45, 2.75) is 25.8 Å². The highest BCUT2D eigenvalue weighted by Crippen LogP contribution is 2.34. The van der Waals surface area contributed by atoms with Crippen LogP contribution in [0, 0.1) is 0 Å². The fourth-order valence-corrected chi connectivity index (χ4v) is 4.86. The zero-order chi connectivity index (χ0) is 25.5. The normalized spacial score (nSPS) is 14.5. The van der Waals surface area contributed by atoms with Gasteiger partial charge in [0.15, 0.2) is 11.6 Å². The van der Waals surface area contributed by atoms with Crippen LogP contribution in [-0.2, 0) is 11.2 Å². The summed E-state index contributed by atoms with van der Waals surface area (Å²) in [5, 5.41) is 23.3. The maximum Gasteiger partial charge on any atom is 0.252 e. The first-order chi connectivity index (χ1) is 18.0. The first kappa shape index (κ1) is 22.8. The molecule has 0 fully saturated rings. The molecule has 12 heteroatoms. The molecule has 2 N–H and O–H groups in total. The van der Waals surface area contributed by atoms with Gasteiger partial charge in [-0.05, 0) is 77.4 Å². The molecule has 6 rings (SSSR count). The number of amides is 1. The quantitative estimate of drug-likeness (QED) is 0.367. The van der Waals surface area contributed by atoms with E-state index in [1.807, 2.05) is 24.3 Å². The Kier molecular flexibility index (Phi) is 5.61. The molecular weight excluding hydrogens is 494 g/mol. The topological polar surface area (TPSA) is 136 Å². The number of benzene rings is 2. The van der Waals surface area contributed by atoms with E-state index in [0.717, 1.165) is 28.1 Å². The van der Waals surface area contributed by atoms with Gasteiger partial charge < -0.3 is 14.9 Å². The van der Waals surface area contributed by atoms with Crippen LogP contribution in [0.15, 0.2) is 65.7 Å². The molecule has 2 aromatic carbocycles. The Labute approximate surface area is 215 Å². The second-order valence-corrected chi connectivity index (χ2v) is 9.17. The number of carbonyl (C=O) groups excluding carboxylic acids is 1. The third kappa shape index (κ3) is 4.29. The molecule has 0 spiro atoms. The van der Waals surface area contributed by atoms with Crippen LogP contribution in [0.1, 0.15) is 30.9 Å². The molecule has 1 aliphatic heterocycles. The zero-order valence-electron chi connectivity index (χ0n) is 19.6. The van der Waals surface area contributed by atoms with Crippen LogP contribution in [0.2, 0.25) is 5.02 Å². The van der Waals surface area contributed by atoms with E-state index in [4.69, 9.17) is 11.6 Å². The molecule has 1 atom stereocenters. The number of nitrogens with one attached hydrogen (secondary N) is 2. The summed E-state index contributed by atoms with van der Waals surface area (Å²) < 4.78 is 3.30. The SMILES string of the molecule is CC(=O)Nc1ccc(-c2nnc([C@@H]3CCc4cc(-c5cc(Cl)ccc5-n5cnnn5)cc(=O)n43)[nH]2)cc1. The number of fused-ring (bicyclic) bond motifs is 1. The van der Waals surface area contributed by atoms with Crippen molar-refractivity contribution in [1.82, 2.24) is 40.0 Å². The van der Waals surface area contributed by atoms with Gasteiger partial charge in [0.1, 0.15) is 6.33 Å². The number of rotatable bonds is 5. The van der Waals surface area contributed by atoms with E-state index in [-0.39, 0.29) is 17.5 Å². The van der Waals surface area contributed by atoms with E-state index < -0.39 is 0 Å². The van der Waals surface area contributed by atoms with Gasteiger partial charge in [-0.15, -0.1) is 15.3 Å². The molecule has 11 nitrogen and oxygen atoms in total. The Balaban J connectivity index is 1.32. The van der Waals surface area contributed by atoms with Crippen LogP contribution in [0.25, 0.3) is 28.2 Å². The van der Waals surface area contributed by atoms with Gasteiger partial charge in [-0.25, -0.2) is 0 Å². The predicted octanol–water partition coefficient (Wildman–Crippen LogP) is 3.42. The van der Waals surface area contributed by atoms with Gasteiger partial charge in [0, 0.05) is 40.5 Å². The molecule has 0 unspecified atom stereocenters. The zero-order valence-corrected chi connectivity index (χ0v) is 20.3. The van der Waals surface area contributed by atoms with Gasteiger partial charge >= 0.3 is 0 Å². The lowest BCUT2D eigenvalue weighted by Crippen LogP contribution is -2.24. The third-order valence-corrected chi connectivity index (χ3v) is 6.53. The van der Waals surface area contributed by atoms with E-state index in [1.54, 1.807) is 34.9 Å². The van der Waals surface area contributed by atoms with Gasteiger partial charge in [-0.3, -0.25) is 9.59 Å². The third-order valence-electron chi connectivity index (χ3n) is 6.30. The van der Waals surface area contributed by atoms with E-state index in [9.17, 15) is 9.59 Å². The Bertz CT molecular complexity index is 1670. The van der Waals surface area contributed by atoms with Crippen LogP contribution < -0.4 is 10.9 Å². The minimum Gasteiger partial charge on any atom is -0.326 e. The highest BCUT2D eigenvalue weighted by atomic mass is 35.5. The van der Waals surface area contributed by atoms with Gasteiger partial charge in [0.2, 0.25) is 5.91 Å². The maximum atomic E-state index is 13.4. The van der Waals surface area contributed by atoms with Crippen molar-refractivity contribution in [3.05, 3.63) is 87.8 Å². The van der Waals surface area contributed by atoms with Gasteiger partial charge in [-0.1, -0.05) is 11.6 Å². The Morgan fingerprint density at radius 1 is 1.08 bits per heavy atom. The Morgan fingerprint density at radius 3 is 2.68 bits per heavy atom. The molecular formula is C25H20ClN9O2. The Morgan fingerprint density at radius 2 is 1.92 bits per heavy atom. The number of aromatic amines is 1. The minimum absolute atomic E-state index is 0.134. The smallest absolute Gasteiger partial charge is 0.252 e. The number of hydrogen-bond donors (Lipinski definition) is 2. The van der Waals surface area contributed by atoms with Gasteiger partial charge in [0.25, 0.3) is 5.56 Å². The summed E-state index contributed by atoms with van der Waals surface area (Å²) in [6.07, 6.45) is 2.91. The van der Waals surface area contributed by atoms with Crippen LogP contribution in [0.5, 0.6) is 0 Å². The number of anilines is 1. The largest absolute Gasteiger partial charge is 0.326 e. The van der Waals surface area contributed by atoms with Crippen molar-refractivity contribution < 1.29 is 4.79 Å². The number of carbonyl (C=O) groups is 1. The van der Waals surface area contributed by atoms with Crippen LogP contribution in [-0.4, -0.2) is 45.9 Å². The summed E-state index contributed by atoms with van der Waals surface area (Å²) in [5.74, 6) is 1.07. The molecule has 1 aliphatic rings. The molecule has 0 radical (unpaired) electrons. The number of aromatic nitrogens is 8. The molecule has 5 aromatic rings. The van der Waals surface area contributed by atoms with Crippen molar-refractivity contribution in [3.63, 3.8) is 0 Å². The summed E-state index contributed by atoms with van der Waals surface area (Å²) in [6, 6.07) is 16.0. The summed E-state index contributed by atoms with van der Waals surface area (Å²) in [5.41, 5.74) is 4.49. The summed E-state index contributed by atoms with van der Waals surface area (Å²) in [6.45, 7) is 1.46. The molecule has 37 heavy (non-hydrogen) atoms. The van der Waals surface area contributed by atoms with Gasteiger partial charge in [0.05, 0.1) is 11.7 Å². The number of tetrazole rings is 1. The van der Waals surface area contributed by atoms with Crippen LogP contribution in [0.4, 0.5) is 5.69 Å². The fraction of sp³-hybridized carbons (Fsp3) is 0.160. The van der Waals surface area contributed by atoms with Crippen molar-refractivity contribution in [1.29, 1.82) is 0 Å². The number of hydrogen-bond acceptors (Lipinski definition) is 7. The number of H-pyrrole nitrogens is 1.